The molecule has 4 heteroatoms. The number of nitrogens with one attached hydrogen (secondary N) is 1. The zero-order valence-corrected chi connectivity index (χ0v) is 11.1. The SMILES string of the molecule is CCCNCc1cc(Cl)ccc1-c1cnccn1. The van der Waals surface area contributed by atoms with Crippen LogP contribution in [0.5, 0.6) is 0 Å². The molecule has 1 aromatic heterocycles. The van der Waals surface area contributed by atoms with Crippen molar-refractivity contribution in [3.63, 3.8) is 0 Å². The minimum absolute atomic E-state index is 0.746. The van der Waals surface area contributed by atoms with Crippen LogP contribution in [-0.4, -0.2) is 16.5 Å². The molecule has 0 saturated carbocycles. The van der Waals surface area contributed by atoms with E-state index in [1.807, 2.05) is 18.2 Å². The van der Waals surface area contributed by atoms with E-state index in [1.165, 1.54) is 0 Å². The Balaban J connectivity index is 2.29. The topological polar surface area (TPSA) is 37.8 Å². The summed E-state index contributed by atoms with van der Waals surface area (Å²) < 4.78 is 0. The maximum atomic E-state index is 6.05. The molecule has 0 unspecified atom stereocenters. The minimum Gasteiger partial charge on any atom is -0.313 e. The van der Waals surface area contributed by atoms with Crippen LogP contribution in [0.15, 0.2) is 36.8 Å². The van der Waals surface area contributed by atoms with Gasteiger partial charge in [-0.25, -0.2) is 0 Å². The Hall–Kier alpha value is -1.45. The Morgan fingerprint density at radius 2 is 2.17 bits per heavy atom. The van der Waals surface area contributed by atoms with Gasteiger partial charge in [-0.2, -0.15) is 0 Å². The Labute approximate surface area is 112 Å². The predicted molar refractivity (Wildman–Crippen MR) is 74.5 cm³/mol. The van der Waals surface area contributed by atoms with Crippen LogP contribution in [0.4, 0.5) is 0 Å². The Kier molecular flexibility index (Phi) is 4.67. The van der Waals surface area contributed by atoms with Gasteiger partial charge in [0.15, 0.2) is 0 Å². The molecule has 3 nitrogen and oxygen atoms in total. The molecule has 0 bridgehead atoms. The average molecular weight is 262 g/mol. The van der Waals surface area contributed by atoms with Crippen molar-refractivity contribution in [1.29, 1.82) is 0 Å². The second-order valence-electron chi connectivity index (χ2n) is 4.07. The van der Waals surface area contributed by atoms with E-state index in [4.69, 9.17) is 11.6 Å². The zero-order valence-electron chi connectivity index (χ0n) is 10.4. The van der Waals surface area contributed by atoms with E-state index in [1.54, 1.807) is 18.6 Å². The molecule has 2 rings (SSSR count). The van der Waals surface area contributed by atoms with Crippen LogP contribution in [0.2, 0.25) is 5.02 Å². The molecular weight excluding hydrogens is 246 g/mol. The van der Waals surface area contributed by atoms with Crippen molar-refractivity contribution in [3.05, 3.63) is 47.4 Å². The largest absolute Gasteiger partial charge is 0.313 e. The molecule has 94 valence electrons. The van der Waals surface area contributed by atoms with Gasteiger partial charge in [-0.05, 0) is 30.7 Å². The first-order valence-electron chi connectivity index (χ1n) is 6.06. The maximum Gasteiger partial charge on any atom is 0.0888 e. The van der Waals surface area contributed by atoms with Crippen LogP contribution < -0.4 is 5.32 Å². The summed E-state index contributed by atoms with van der Waals surface area (Å²) in [6.07, 6.45) is 6.26. The van der Waals surface area contributed by atoms with Gasteiger partial charge in [-0.15, -0.1) is 0 Å². The second-order valence-corrected chi connectivity index (χ2v) is 4.51. The van der Waals surface area contributed by atoms with E-state index in [0.29, 0.717) is 0 Å². The molecular formula is C14H16ClN3. The van der Waals surface area contributed by atoms with Crippen molar-refractivity contribution in [2.45, 2.75) is 19.9 Å². The summed E-state index contributed by atoms with van der Waals surface area (Å²) in [4.78, 5) is 8.44. The zero-order chi connectivity index (χ0) is 12.8. The fourth-order valence-electron chi connectivity index (χ4n) is 1.80. The molecule has 1 heterocycles. The van der Waals surface area contributed by atoms with E-state index >= 15 is 0 Å². The summed E-state index contributed by atoms with van der Waals surface area (Å²) in [6, 6.07) is 5.86. The highest BCUT2D eigenvalue weighted by atomic mass is 35.5. The first-order valence-corrected chi connectivity index (χ1v) is 6.44. The van der Waals surface area contributed by atoms with Gasteiger partial charge in [0.1, 0.15) is 0 Å². The molecule has 0 atom stereocenters. The highest BCUT2D eigenvalue weighted by Gasteiger charge is 2.06. The fourth-order valence-corrected chi connectivity index (χ4v) is 1.99. The summed E-state index contributed by atoms with van der Waals surface area (Å²) >= 11 is 6.05. The average Bonchev–Trinajstić information content (AvgIpc) is 2.40. The standard InChI is InChI=1S/C14H16ClN3/c1-2-5-16-9-11-8-12(15)3-4-13(11)14-10-17-6-7-18-14/h3-4,6-8,10,16H,2,5,9H2,1H3. The third-order valence-corrected chi connectivity index (χ3v) is 2.88. The van der Waals surface area contributed by atoms with Gasteiger partial charge in [-0.1, -0.05) is 24.6 Å². The third-order valence-electron chi connectivity index (χ3n) is 2.65. The summed E-state index contributed by atoms with van der Waals surface area (Å²) in [5, 5.41) is 4.13. The molecule has 0 saturated heterocycles. The third kappa shape index (κ3) is 3.28. The van der Waals surface area contributed by atoms with Crippen molar-refractivity contribution in [3.8, 4) is 11.3 Å². The van der Waals surface area contributed by atoms with Gasteiger partial charge in [-0.3, -0.25) is 9.97 Å². The molecule has 0 radical (unpaired) electrons. The van der Waals surface area contributed by atoms with Gasteiger partial charge in [0.05, 0.1) is 11.9 Å². The quantitative estimate of drug-likeness (QED) is 0.840. The molecule has 18 heavy (non-hydrogen) atoms. The molecule has 0 amide bonds. The number of rotatable bonds is 5. The molecule has 0 aliphatic rings. The lowest BCUT2D eigenvalue weighted by atomic mass is 10.0. The minimum atomic E-state index is 0.746. The molecule has 2 aromatic rings. The predicted octanol–water partition coefficient (Wildman–Crippen LogP) is 3.30. The smallest absolute Gasteiger partial charge is 0.0888 e. The highest BCUT2D eigenvalue weighted by molar-refractivity contribution is 6.30. The summed E-state index contributed by atoms with van der Waals surface area (Å²) in [6.45, 7) is 3.93. The molecule has 0 spiro atoms. The van der Waals surface area contributed by atoms with E-state index in [2.05, 4.69) is 22.2 Å². The monoisotopic (exact) mass is 261 g/mol. The van der Waals surface area contributed by atoms with Crippen molar-refractivity contribution in [2.24, 2.45) is 0 Å². The van der Waals surface area contributed by atoms with Crippen LogP contribution in [0.1, 0.15) is 18.9 Å². The molecule has 0 aliphatic carbocycles. The van der Waals surface area contributed by atoms with Crippen LogP contribution >= 0.6 is 11.6 Å². The van der Waals surface area contributed by atoms with Gasteiger partial charge in [0.2, 0.25) is 0 Å². The van der Waals surface area contributed by atoms with E-state index < -0.39 is 0 Å². The van der Waals surface area contributed by atoms with Crippen molar-refractivity contribution < 1.29 is 0 Å². The molecule has 0 fully saturated rings. The number of nitrogens with zero attached hydrogens (tertiary/aromatic N) is 2. The summed E-state index contributed by atoms with van der Waals surface area (Å²) in [7, 11) is 0. The Morgan fingerprint density at radius 1 is 1.28 bits per heavy atom. The number of hydrogen-bond donors (Lipinski definition) is 1. The molecule has 1 N–H and O–H groups in total. The lowest BCUT2D eigenvalue weighted by molar-refractivity contribution is 0.676. The van der Waals surface area contributed by atoms with Gasteiger partial charge < -0.3 is 5.32 Å². The van der Waals surface area contributed by atoms with Crippen LogP contribution in [0.25, 0.3) is 11.3 Å². The van der Waals surface area contributed by atoms with Crippen LogP contribution in [0.3, 0.4) is 0 Å². The normalized spacial score (nSPS) is 10.6. The number of aromatic nitrogens is 2. The first kappa shape index (κ1) is 13.0. The van der Waals surface area contributed by atoms with Crippen molar-refractivity contribution in [1.82, 2.24) is 15.3 Å². The van der Waals surface area contributed by atoms with Crippen LogP contribution in [0, 0.1) is 0 Å². The second kappa shape index (κ2) is 6.47. The van der Waals surface area contributed by atoms with Crippen molar-refractivity contribution >= 4 is 11.6 Å². The summed E-state index contributed by atoms with van der Waals surface area (Å²) in [5.41, 5.74) is 3.11. The molecule has 1 aromatic carbocycles. The fraction of sp³-hybridized carbons (Fsp3) is 0.286. The van der Waals surface area contributed by atoms with Crippen LogP contribution in [-0.2, 0) is 6.54 Å². The van der Waals surface area contributed by atoms with Gasteiger partial charge in [0, 0.05) is 29.5 Å². The lowest BCUT2D eigenvalue weighted by Crippen LogP contribution is -2.14. The van der Waals surface area contributed by atoms with Crippen molar-refractivity contribution in [2.75, 3.05) is 6.54 Å². The number of halogens is 1. The Morgan fingerprint density at radius 3 is 2.89 bits per heavy atom. The first-order chi connectivity index (χ1) is 8.81. The van der Waals surface area contributed by atoms with E-state index in [0.717, 1.165) is 41.4 Å². The number of hydrogen-bond acceptors (Lipinski definition) is 3. The summed E-state index contributed by atoms with van der Waals surface area (Å²) in [5.74, 6) is 0. The van der Waals surface area contributed by atoms with E-state index in [9.17, 15) is 0 Å². The highest BCUT2D eigenvalue weighted by Crippen LogP contribution is 2.24. The van der Waals surface area contributed by atoms with Gasteiger partial charge >= 0.3 is 0 Å². The molecule has 0 aliphatic heterocycles. The van der Waals surface area contributed by atoms with E-state index in [-0.39, 0.29) is 0 Å². The Bertz CT molecular complexity index is 500. The van der Waals surface area contributed by atoms with Gasteiger partial charge in [0.25, 0.3) is 0 Å². The lowest BCUT2D eigenvalue weighted by Gasteiger charge is -2.10. The number of benzene rings is 1. The maximum absolute atomic E-state index is 6.05.